The lowest BCUT2D eigenvalue weighted by molar-refractivity contribution is 0.101. The average Bonchev–Trinajstić information content (AvgIpc) is 2.66. The molecule has 1 aromatic heterocycles. The molecule has 2 N–H and O–H groups in total. The van der Waals surface area contributed by atoms with E-state index in [1.54, 1.807) is 19.1 Å². The number of rotatable bonds is 8. The monoisotopic (exact) mass is 360 g/mol. The third-order valence-electron chi connectivity index (χ3n) is 4.19. The fraction of sp³-hybridized carbons (Fsp3) is 0.227. The number of anilines is 3. The molecule has 0 aliphatic rings. The molecule has 3 aromatic rings. The molecule has 0 saturated carbocycles. The lowest BCUT2D eigenvalue weighted by atomic mass is 10.1. The summed E-state index contributed by atoms with van der Waals surface area (Å²) in [5.74, 6) is 1.39. The Morgan fingerprint density at radius 3 is 2.44 bits per heavy atom. The van der Waals surface area contributed by atoms with E-state index in [0.29, 0.717) is 11.5 Å². The molecule has 1 heterocycles. The summed E-state index contributed by atoms with van der Waals surface area (Å²) in [7, 11) is 0. The first-order chi connectivity index (χ1) is 13.1. The first-order valence-electron chi connectivity index (χ1n) is 9.12. The normalized spacial score (nSPS) is 10.4. The van der Waals surface area contributed by atoms with Crippen LogP contribution in [0.2, 0.25) is 0 Å². The summed E-state index contributed by atoms with van der Waals surface area (Å²) in [6.45, 7) is 4.35. The van der Waals surface area contributed by atoms with Gasteiger partial charge in [-0.2, -0.15) is 4.98 Å². The van der Waals surface area contributed by atoms with E-state index in [2.05, 4.69) is 44.9 Å². The van der Waals surface area contributed by atoms with E-state index in [0.717, 1.165) is 36.6 Å². The van der Waals surface area contributed by atoms with E-state index in [-0.39, 0.29) is 5.78 Å². The molecule has 5 heteroatoms. The molecule has 0 spiro atoms. The van der Waals surface area contributed by atoms with E-state index >= 15 is 0 Å². The zero-order valence-electron chi connectivity index (χ0n) is 15.7. The summed E-state index contributed by atoms with van der Waals surface area (Å²) >= 11 is 0. The maximum atomic E-state index is 11.4. The van der Waals surface area contributed by atoms with Gasteiger partial charge in [-0.3, -0.25) is 4.79 Å². The van der Waals surface area contributed by atoms with Gasteiger partial charge in [0.15, 0.2) is 5.78 Å². The highest BCUT2D eigenvalue weighted by atomic mass is 16.1. The molecule has 5 nitrogen and oxygen atoms in total. The molecule has 0 radical (unpaired) electrons. The first kappa shape index (κ1) is 18.6. The molecule has 0 aliphatic heterocycles. The van der Waals surface area contributed by atoms with Gasteiger partial charge in [-0.15, -0.1) is 0 Å². The molecule has 2 aromatic carbocycles. The van der Waals surface area contributed by atoms with Crippen molar-refractivity contribution in [3.05, 3.63) is 77.5 Å². The SMILES string of the molecule is CC(=O)c1ccc(Nc2nc(C)cc(NCCCc3ccccc3)n2)cc1. The number of aryl methyl sites for hydroxylation is 2. The van der Waals surface area contributed by atoms with Crippen LogP contribution < -0.4 is 10.6 Å². The van der Waals surface area contributed by atoms with Crippen molar-refractivity contribution in [3.8, 4) is 0 Å². The van der Waals surface area contributed by atoms with E-state index in [1.807, 2.05) is 31.2 Å². The van der Waals surface area contributed by atoms with Crippen LogP contribution in [0.3, 0.4) is 0 Å². The quantitative estimate of drug-likeness (QED) is 0.447. The van der Waals surface area contributed by atoms with Crippen LogP contribution in [0.5, 0.6) is 0 Å². The number of nitrogens with zero attached hydrogens (tertiary/aromatic N) is 2. The predicted molar refractivity (Wildman–Crippen MR) is 110 cm³/mol. The van der Waals surface area contributed by atoms with Crippen LogP contribution in [0, 0.1) is 6.92 Å². The Kier molecular flexibility index (Phi) is 6.15. The van der Waals surface area contributed by atoms with Crippen LogP contribution in [-0.2, 0) is 6.42 Å². The van der Waals surface area contributed by atoms with Gasteiger partial charge in [0.05, 0.1) is 0 Å². The van der Waals surface area contributed by atoms with Crippen LogP contribution in [0.1, 0.15) is 35.0 Å². The molecular weight excluding hydrogens is 336 g/mol. The van der Waals surface area contributed by atoms with Crippen LogP contribution in [-0.4, -0.2) is 22.3 Å². The van der Waals surface area contributed by atoms with Gasteiger partial charge in [-0.25, -0.2) is 4.98 Å². The highest BCUT2D eigenvalue weighted by Gasteiger charge is 2.04. The van der Waals surface area contributed by atoms with Crippen LogP contribution in [0.15, 0.2) is 60.7 Å². The standard InChI is InChI=1S/C22H24N4O/c1-16-15-21(23-14-6-9-18-7-4-3-5-8-18)26-22(24-16)25-20-12-10-19(11-13-20)17(2)27/h3-5,7-8,10-13,15H,6,9,14H2,1-2H3,(H2,23,24,25,26). The van der Waals surface area contributed by atoms with E-state index < -0.39 is 0 Å². The van der Waals surface area contributed by atoms with Gasteiger partial charge < -0.3 is 10.6 Å². The molecule has 3 rings (SSSR count). The molecule has 27 heavy (non-hydrogen) atoms. The maximum absolute atomic E-state index is 11.4. The van der Waals surface area contributed by atoms with Crippen molar-refractivity contribution in [2.45, 2.75) is 26.7 Å². The van der Waals surface area contributed by atoms with Crippen molar-refractivity contribution in [2.24, 2.45) is 0 Å². The highest BCUT2D eigenvalue weighted by Crippen LogP contribution is 2.17. The van der Waals surface area contributed by atoms with E-state index in [1.165, 1.54) is 5.56 Å². The van der Waals surface area contributed by atoms with Crippen LogP contribution in [0.4, 0.5) is 17.5 Å². The molecule has 0 fully saturated rings. The Labute approximate surface area is 159 Å². The summed E-state index contributed by atoms with van der Waals surface area (Å²) in [6, 6.07) is 19.7. The number of Topliss-reactive ketones (excluding diaryl/α,β-unsaturated/α-hetero) is 1. The minimum Gasteiger partial charge on any atom is -0.370 e. The lowest BCUT2D eigenvalue weighted by Crippen LogP contribution is -2.07. The second kappa shape index (κ2) is 8.94. The average molecular weight is 360 g/mol. The number of ketones is 1. The molecule has 0 unspecified atom stereocenters. The van der Waals surface area contributed by atoms with Crippen molar-refractivity contribution in [2.75, 3.05) is 17.2 Å². The number of hydrogen-bond acceptors (Lipinski definition) is 5. The van der Waals surface area contributed by atoms with Crippen molar-refractivity contribution in [1.82, 2.24) is 9.97 Å². The zero-order chi connectivity index (χ0) is 19.1. The second-order valence-electron chi connectivity index (χ2n) is 6.49. The summed E-state index contributed by atoms with van der Waals surface area (Å²) in [5, 5.41) is 6.56. The molecule has 138 valence electrons. The number of nitrogens with one attached hydrogen (secondary N) is 2. The van der Waals surface area contributed by atoms with Crippen LogP contribution in [0.25, 0.3) is 0 Å². The van der Waals surface area contributed by atoms with Crippen LogP contribution >= 0.6 is 0 Å². The van der Waals surface area contributed by atoms with Gasteiger partial charge in [0, 0.05) is 29.6 Å². The molecule has 0 atom stereocenters. The van der Waals surface area contributed by atoms with E-state index in [9.17, 15) is 4.79 Å². The summed E-state index contributed by atoms with van der Waals surface area (Å²) in [6.07, 6.45) is 2.06. The largest absolute Gasteiger partial charge is 0.370 e. The first-order valence-corrected chi connectivity index (χ1v) is 9.12. The molecule has 0 bridgehead atoms. The van der Waals surface area contributed by atoms with Crippen molar-refractivity contribution in [1.29, 1.82) is 0 Å². The molecule has 0 aliphatic carbocycles. The number of carbonyl (C=O) groups excluding carboxylic acids is 1. The maximum Gasteiger partial charge on any atom is 0.229 e. The van der Waals surface area contributed by atoms with Gasteiger partial charge in [0.25, 0.3) is 0 Å². The van der Waals surface area contributed by atoms with Crippen molar-refractivity contribution in [3.63, 3.8) is 0 Å². The number of aromatic nitrogens is 2. The number of carbonyl (C=O) groups is 1. The summed E-state index contributed by atoms with van der Waals surface area (Å²) in [5.41, 5.74) is 3.76. The Morgan fingerprint density at radius 2 is 1.74 bits per heavy atom. The minimum atomic E-state index is 0.0512. The molecule has 0 amide bonds. The highest BCUT2D eigenvalue weighted by molar-refractivity contribution is 5.94. The zero-order valence-corrected chi connectivity index (χ0v) is 15.7. The smallest absolute Gasteiger partial charge is 0.229 e. The van der Waals surface area contributed by atoms with Crippen molar-refractivity contribution < 1.29 is 4.79 Å². The Morgan fingerprint density at radius 1 is 1.00 bits per heavy atom. The van der Waals surface area contributed by atoms with Gasteiger partial charge in [-0.1, -0.05) is 30.3 Å². The Hall–Kier alpha value is -3.21. The van der Waals surface area contributed by atoms with Gasteiger partial charge >= 0.3 is 0 Å². The number of benzene rings is 2. The Balaban J connectivity index is 1.57. The summed E-state index contributed by atoms with van der Waals surface area (Å²) < 4.78 is 0. The topological polar surface area (TPSA) is 66.9 Å². The Bertz CT molecular complexity index is 892. The fourth-order valence-electron chi connectivity index (χ4n) is 2.79. The third-order valence-corrected chi connectivity index (χ3v) is 4.19. The lowest BCUT2D eigenvalue weighted by Gasteiger charge is -2.10. The second-order valence-corrected chi connectivity index (χ2v) is 6.49. The molecule has 0 saturated heterocycles. The minimum absolute atomic E-state index is 0.0512. The molecular formula is C22H24N4O. The summed E-state index contributed by atoms with van der Waals surface area (Å²) in [4.78, 5) is 20.3. The predicted octanol–water partition coefficient (Wildman–Crippen LogP) is 4.78. The fourth-order valence-corrected chi connectivity index (χ4v) is 2.79. The van der Waals surface area contributed by atoms with Gasteiger partial charge in [0.2, 0.25) is 5.95 Å². The van der Waals surface area contributed by atoms with Crippen molar-refractivity contribution >= 4 is 23.2 Å². The van der Waals surface area contributed by atoms with Gasteiger partial charge in [-0.05, 0) is 56.5 Å². The van der Waals surface area contributed by atoms with E-state index in [4.69, 9.17) is 0 Å². The number of hydrogen-bond donors (Lipinski definition) is 2. The third kappa shape index (κ3) is 5.64. The van der Waals surface area contributed by atoms with Gasteiger partial charge in [0.1, 0.15) is 5.82 Å².